The highest BCUT2D eigenvalue weighted by Gasteiger charge is 2.33. The van der Waals surface area contributed by atoms with E-state index in [4.69, 9.17) is 4.74 Å². The molecule has 140 valence electrons. The summed E-state index contributed by atoms with van der Waals surface area (Å²) >= 11 is 1.50. The molecule has 0 aromatic heterocycles. The lowest BCUT2D eigenvalue weighted by Crippen LogP contribution is -2.30. The van der Waals surface area contributed by atoms with E-state index < -0.39 is 9.85 Å². The third kappa shape index (κ3) is 3.70. The number of carbonyl (C=O) groups is 1. The maximum Gasteiger partial charge on any atom is 0.311 e. The summed E-state index contributed by atoms with van der Waals surface area (Å²) in [6.45, 7) is 0.477. The molecular weight excluding hydrogens is 374 g/mol. The Labute approximate surface area is 158 Å². The summed E-state index contributed by atoms with van der Waals surface area (Å²) in [5.41, 5.74) is 0.700. The number of nitro groups is 2. The van der Waals surface area contributed by atoms with E-state index in [1.807, 2.05) is 0 Å². The second kappa shape index (κ2) is 7.62. The van der Waals surface area contributed by atoms with Crippen LogP contribution in [0.5, 0.6) is 5.75 Å². The van der Waals surface area contributed by atoms with Gasteiger partial charge in [-0.3, -0.25) is 25.0 Å². The van der Waals surface area contributed by atoms with E-state index in [1.54, 1.807) is 11.0 Å². The highest BCUT2D eigenvalue weighted by molar-refractivity contribution is 7.99. The van der Waals surface area contributed by atoms with Crippen LogP contribution < -0.4 is 4.74 Å². The van der Waals surface area contributed by atoms with Crippen molar-refractivity contribution in [1.82, 2.24) is 4.90 Å². The van der Waals surface area contributed by atoms with Crippen molar-refractivity contribution in [1.29, 1.82) is 0 Å². The SMILES string of the molecule is COc1ccc(C2SCCN2C(=O)c2ccc([N+](=O)[O-])cc2)cc1[N+](=O)[O-]. The van der Waals surface area contributed by atoms with Gasteiger partial charge in [-0.1, -0.05) is 6.07 Å². The lowest BCUT2D eigenvalue weighted by atomic mass is 10.1. The lowest BCUT2D eigenvalue weighted by molar-refractivity contribution is -0.385. The number of thioether (sulfide) groups is 1. The van der Waals surface area contributed by atoms with Gasteiger partial charge in [0.1, 0.15) is 5.37 Å². The van der Waals surface area contributed by atoms with Gasteiger partial charge in [0.2, 0.25) is 0 Å². The van der Waals surface area contributed by atoms with Crippen molar-refractivity contribution in [3.8, 4) is 5.75 Å². The van der Waals surface area contributed by atoms with E-state index in [2.05, 4.69) is 0 Å². The average molecular weight is 389 g/mol. The van der Waals surface area contributed by atoms with E-state index >= 15 is 0 Å². The van der Waals surface area contributed by atoms with Crippen LogP contribution >= 0.6 is 11.8 Å². The highest BCUT2D eigenvalue weighted by Crippen LogP contribution is 2.41. The second-order valence-electron chi connectivity index (χ2n) is 5.71. The molecule has 3 rings (SSSR count). The second-order valence-corrected chi connectivity index (χ2v) is 6.90. The Morgan fingerprint density at radius 3 is 2.44 bits per heavy atom. The quantitative estimate of drug-likeness (QED) is 0.568. The first-order valence-corrected chi connectivity index (χ1v) is 8.96. The molecule has 1 atom stereocenters. The fourth-order valence-corrected chi connectivity index (χ4v) is 4.09. The third-order valence-corrected chi connectivity index (χ3v) is 5.42. The number of benzene rings is 2. The molecule has 0 radical (unpaired) electrons. The van der Waals surface area contributed by atoms with Gasteiger partial charge in [-0.25, -0.2) is 0 Å². The Bertz CT molecular complexity index is 902. The van der Waals surface area contributed by atoms with Crippen LogP contribution in [0.4, 0.5) is 11.4 Å². The van der Waals surface area contributed by atoms with Crippen molar-refractivity contribution < 1.29 is 19.4 Å². The maximum atomic E-state index is 12.8. The smallest absolute Gasteiger partial charge is 0.311 e. The minimum atomic E-state index is -0.529. The van der Waals surface area contributed by atoms with Crippen molar-refractivity contribution in [2.45, 2.75) is 5.37 Å². The number of ether oxygens (including phenoxy) is 1. The predicted octanol–water partition coefficient (Wildman–Crippen LogP) is 3.40. The number of carbonyl (C=O) groups excluding carboxylic acids is 1. The Hall–Kier alpha value is -3.14. The number of nitro benzene ring substituents is 2. The zero-order valence-electron chi connectivity index (χ0n) is 14.2. The fourth-order valence-electron chi connectivity index (χ4n) is 2.85. The molecule has 0 N–H and O–H groups in total. The number of hydrogen-bond acceptors (Lipinski definition) is 7. The van der Waals surface area contributed by atoms with Crippen molar-refractivity contribution in [2.24, 2.45) is 0 Å². The molecule has 1 amide bonds. The largest absolute Gasteiger partial charge is 0.490 e. The molecule has 1 aliphatic rings. The molecule has 1 fully saturated rings. The summed E-state index contributed by atoms with van der Waals surface area (Å²) in [7, 11) is 1.36. The first-order valence-electron chi connectivity index (χ1n) is 7.91. The first kappa shape index (κ1) is 18.6. The van der Waals surface area contributed by atoms with Crippen LogP contribution in [0.15, 0.2) is 42.5 Å². The van der Waals surface area contributed by atoms with Crippen LogP contribution in [0.3, 0.4) is 0 Å². The Kier molecular flexibility index (Phi) is 5.26. The number of methoxy groups -OCH3 is 1. The van der Waals surface area contributed by atoms with Crippen molar-refractivity contribution >= 4 is 29.0 Å². The molecule has 9 nitrogen and oxygen atoms in total. The van der Waals surface area contributed by atoms with Gasteiger partial charge in [-0.15, -0.1) is 11.8 Å². The van der Waals surface area contributed by atoms with Crippen LogP contribution in [0, 0.1) is 20.2 Å². The summed E-state index contributed by atoms with van der Waals surface area (Å²) in [6, 6.07) is 10.0. The van der Waals surface area contributed by atoms with E-state index in [0.717, 1.165) is 0 Å². The molecule has 1 aliphatic heterocycles. The van der Waals surface area contributed by atoms with Gasteiger partial charge in [0.15, 0.2) is 5.75 Å². The molecule has 0 spiro atoms. The number of rotatable bonds is 5. The molecule has 1 heterocycles. The molecule has 0 bridgehead atoms. The Morgan fingerprint density at radius 2 is 1.85 bits per heavy atom. The van der Waals surface area contributed by atoms with Gasteiger partial charge in [0.25, 0.3) is 11.6 Å². The fraction of sp³-hybridized carbons (Fsp3) is 0.235. The van der Waals surface area contributed by atoms with Crippen LogP contribution in [-0.2, 0) is 0 Å². The molecule has 1 saturated heterocycles. The minimum Gasteiger partial charge on any atom is -0.490 e. The van der Waals surface area contributed by atoms with E-state index in [0.29, 0.717) is 23.4 Å². The molecule has 0 aliphatic carbocycles. The molecule has 2 aromatic carbocycles. The topological polar surface area (TPSA) is 116 Å². The average Bonchev–Trinajstić information content (AvgIpc) is 3.16. The van der Waals surface area contributed by atoms with Gasteiger partial charge < -0.3 is 9.64 Å². The molecular formula is C17H15N3O6S. The zero-order chi connectivity index (χ0) is 19.6. The molecule has 2 aromatic rings. The van der Waals surface area contributed by atoms with Crippen LogP contribution in [0.1, 0.15) is 21.3 Å². The summed E-state index contributed by atoms with van der Waals surface area (Å²) in [5.74, 6) is 0.557. The summed E-state index contributed by atoms with van der Waals surface area (Å²) in [5, 5.41) is 21.6. The third-order valence-electron chi connectivity index (χ3n) is 4.16. The van der Waals surface area contributed by atoms with Crippen LogP contribution in [-0.4, -0.2) is 40.1 Å². The number of non-ortho nitro benzene ring substituents is 1. The van der Waals surface area contributed by atoms with Gasteiger partial charge in [0.05, 0.1) is 17.0 Å². The van der Waals surface area contributed by atoms with Crippen LogP contribution in [0.25, 0.3) is 0 Å². The highest BCUT2D eigenvalue weighted by atomic mass is 32.2. The maximum absolute atomic E-state index is 12.8. The number of amides is 1. The first-order chi connectivity index (χ1) is 12.9. The van der Waals surface area contributed by atoms with Gasteiger partial charge in [-0.05, 0) is 23.8 Å². The Balaban J connectivity index is 1.89. The monoisotopic (exact) mass is 389 g/mol. The summed E-state index contributed by atoms with van der Waals surface area (Å²) < 4.78 is 5.01. The molecule has 1 unspecified atom stereocenters. The van der Waals surface area contributed by atoms with Crippen molar-refractivity contribution in [3.63, 3.8) is 0 Å². The number of hydrogen-bond donors (Lipinski definition) is 0. The van der Waals surface area contributed by atoms with Gasteiger partial charge >= 0.3 is 5.69 Å². The van der Waals surface area contributed by atoms with Gasteiger partial charge in [0, 0.05) is 36.1 Å². The number of nitrogens with zero attached hydrogens (tertiary/aromatic N) is 3. The Morgan fingerprint density at radius 1 is 1.15 bits per heavy atom. The van der Waals surface area contributed by atoms with Crippen LogP contribution in [0.2, 0.25) is 0 Å². The van der Waals surface area contributed by atoms with E-state index in [9.17, 15) is 25.0 Å². The van der Waals surface area contributed by atoms with Crippen molar-refractivity contribution in [2.75, 3.05) is 19.4 Å². The normalized spacial score (nSPS) is 16.2. The predicted molar refractivity (Wildman–Crippen MR) is 99.0 cm³/mol. The minimum absolute atomic E-state index is 0.0929. The standard InChI is InChI=1S/C17H15N3O6S/c1-26-15-7-4-12(10-14(15)20(24)25)17-18(8-9-27-17)16(21)11-2-5-13(6-3-11)19(22)23/h2-7,10,17H,8-9H2,1H3. The van der Waals surface area contributed by atoms with Gasteiger partial charge in [-0.2, -0.15) is 0 Å². The van der Waals surface area contributed by atoms with E-state index in [1.165, 1.54) is 55.3 Å². The molecule has 27 heavy (non-hydrogen) atoms. The lowest BCUT2D eigenvalue weighted by Gasteiger charge is -2.24. The summed E-state index contributed by atoms with van der Waals surface area (Å²) in [4.78, 5) is 35.4. The molecule has 0 saturated carbocycles. The zero-order valence-corrected chi connectivity index (χ0v) is 15.0. The molecule has 10 heteroatoms. The summed E-state index contributed by atoms with van der Waals surface area (Å²) in [6.07, 6.45) is 0. The van der Waals surface area contributed by atoms with E-state index in [-0.39, 0.29) is 28.4 Å². The van der Waals surface area contributed by atoms with Crippen molar-refractivity contribution in [3.05, 3.63) is 73.8 Å².